The molecule has 1 heteroatoms. The van der Waals surface area contributed by atoms with Crippen molar-refractivity contribution in [3.05, 3.63) is 151 Å². The Bertz CT molecular complexity index is 1730. The van der Waals surface area contributed by atoms with Crippen molar-refractivity contribution in [3.63, 3.8) is 0 Å². The molecule has 0 bridgehead atoms. The third-order valence-electron chi connectivity index (χ3n) is 7.22. The van der Waals surface area contributed by atoms with Crippen LogP contribution >= 0.6 is 0 Å². The maximum atomic E-state index is 2.41. The minimum absolute atomic E-state index is 0.888. The first-order valence-electron chi connectivity index (χ1n) is 13.5. The highest BCUT2D eigenvalue weighted by Crippen LogP contribution is 2.45. The highest BCUT2D eigenvalue weighted by molar-refractivity contribution is 6.26. The predicted molar refractivity (Wildman–Crippen MR) is 165 cm³/mol. The fourth-order valence-electron chi connectivity index (χ4n) is 5.61. The smallest absolute Gasteiger partial charge is 0.0543 e. The summed E-state index contributed by atoms with van der Waals surface area (Å²) in [5, 5.41) is 7.90. The third-order valence-corrected chi connectivity index (χ3v) is 7.22. The zero-order chi connectivity index (χ0) is 25.9. The first-order chi connectivity index (χ1) is 18.9. The fraction of sp³-hybridized carbons (Fsp3) is 0.0811. The van der Waals surface area contributed by atoms with E-state index in [2.05, 4.69) is 144 Å². The van der Waals surface area contributed by atoms with Crippen LogP contribution in [0.3, 0.4) is 0 Å². The second kappa shape index (κ2) is 10.4. The Morgan fingerprint density at radius 2 is 1.00 bits per heavy atom. The van der Waals surface area contributed by atoms with Crippen LogP contribution in [0.2, 0.25) is 0 Å². The molecule has 7 rings (SSSR count). The molecule has 0 aromatic heterocycles. The van der Waals surface area contributed by atoms with Gasteiger partial charge < -0.3 is 4.90 Å². The van der Waals surface area contributed by atoms with Gasteiger partial charge in [-0.25, -0.2) is 0 Å². The molecule has 0 aliphatic rings. The Morgan fingerprint density at radius 1 is 0.474 bits per heavy atom. The summed E-state index contributed by atoms with van der Waals surface area (Å²) in [4.78, 5) is 2.40. The van der Waals surface area contributed by atoms with Gasteiger partial charge >= 0.3 is 0 Å². The van der Waals surface area contributed by atoms with Crippen molar-refractivity contribution in [2.24, 2.45) is 0 Å². The van der Waals surface area contributed by atoms with Crippen LogP contribution in [-0.2, 0) is 6.42 Å². The Balaban J connectivity index is 0.00000129. The molecular weight excluding hydrogens is 458 g/mol. The number of nitrogens with zero attached hydrogens (tertiary/aromatic N) is 1. The minimum Gasteiger partial charge on any atom is -0.310 e. The maximum Gasteiger partial charge on any atom is 0.0543 e. The van der Waals surface area contributed by atoms with Crippen LogP contribution in [-0.4, -0.2) is 0 Å². The van der Waals surface area contributed by atoms with Gasteiger partial charge in [-0.15, -0.1) is 0 Å². The van der Waals surface area contributed by atoms with E-state index >= 15 is 0 Å². The largest absolute Gasteiger partial charge is 0.310 e. The molecule has 0 heterocycles. The average molecular weight is 490 g/mol. The lowest BCUT2D eigenvalue weighted by Crippen LogP contribution is -2.11. The number of hydrogen-bond acceptors (Lipinski definition) is 1. The van der Waals surface area contributed by atoms with E-state index < -0.39 is 0 Å². The highest BCUT2D eigenvalue weighted by atomic mass is 15.1. The SMILES string of the molecule is CC.c1ccc(Cc2cc(N(c3ccccc3)c3ccccc3)c3ccc4cccc5ccc2c3c54)cc1. The van der Waals surface area contributed by atoms with Crippen LogP contribution < -0.4 is 4.90 Å². The van der Waals surface area contributed by atoms with Gasteiger partial charge in [0, 0.05) is 16.8 Å². The molecule has 7 aromatic rings. The standard InChI is InChI=1S/C35H25N.C2H6/c1-4-11-25(12-5-1)23-28-24-33(36(29-15-6-2-7-16-29)30-17-8-3-9-18-30)32-22-20-27-14-10-13-26-19-21-31(28)35(32)34(26)27;1-2/h1-22,24H,23H2;1-2H3. The van der Waals surface area contributed by atoms with E-state index in [0.29, 0.717) is 0 Å². The lowest BCUT2D eigenvalue weighted by Gasteiger charge is -2.28. The van der Waals surface area contributed by atoms with Gasteiger partial charge in [-0.3, -0.25) is 0 Å². The normalized spacial score (nSPS) is 11.0. The van der Waals surface area contributed by atoms with Crippen molar-refractivity contribution >= 4 is 49.4 Å². The van der Waals surface area contributed by atoms with Crippen LogP contribution in [0.5, 0.6) is 0 Å². The molecular formula is C37H31N. The van der Waals surface area contributed by atoms with E-state index in [-0.39, 0.29) is 0 Å². The lowest BCUT2D eigenvalue weighted by atomic mass is 9.88. The summed E-state index contributed by atoms with van der Waals surface area (Å²) in [5.41, 5.74) is 6.20. The molecule has 7 aromatic carbocycles. The van der Waals surface area contributed by atoms with Crippen LogP contribution in [0.15, 0.2) is 140 Å². The number of benzene rings is 7. The van der Waals surface area contributed by atoms with Gasteiger partial charge in [0.15, 0.2) is 0 Å². The van der Waals surface area contributed by atoms with E-state index in [1.165, 1.54) is 49.1 Å². The van der Waals surface area contributed by atoms with Crippen molar-refractivity contribution in [3.8, 4) is 0 Å². The first kappa shape index (κ1) is 23.8. The van der Waals surface area contributed by atoms with Crippen LogP contribution in [0.4, 0.5) is 17.1 Å². The molecule has 0 fully saturated rings. The molecule has 0 amide bonds. The second-order valence-corrected chi connectivity index (χ2v) is 9.40. The number of rotatable bonds is 5. The quantitative estimate of drug-likeness (QED) is 0.217. The zero-order valence-electron chi connectivity index (χ0n) is 21.9. The maximum absolute atomic E-state index is 2.41. The molecule has 0 saturated carbocycles. The van der Waals surface area contributed by atoms with Gasteiger partial charge in [-0.2, -0.15) is 0 Å². The lowest BCUT2D eigenvalue weighted by molar-refractivity contribution is 1.20. The number of hydrogen-bond donors (Lipinski definition) is 0. The average Bonchev–Trinajstić information content (AvgIpc) is 3.00. The Labute approximate surface area is 224 Å². The molecule has 184 valence electrons. The summed E-state index contributed by atoms with van der Waals surface area (Å²) < 4.78 is 0. The predicted octanol–water partition coefficient (Wildman–Crippen LogP) is 10.7. The van der Waals surface area contributed by atoms with Crippen LogP contribution in [0.25, 0.3) is 32.3 Å². The summed E-state index contributed by atoms with van der Waals surface area (Å²) in [6.45, 7) is 4.00. The molecule has 0 spiro atoms. The van der Waals surface area contributed by atoms with Gasteiger partial charge in [0.2, 0.25) is 0 Å². The van der Waals surface area contributed by atoms with E-state index in [1.807, 2.05) is 13.8 Å². The van der Waals surface area contributed by atoms with E-state index in [9.17, 15) is 0 Å². The molecule has 1 nitrogen and oxygen atoms in total. The molecule has 0 N–H and O–H groups in total. The Hall–Kier alpha value is -4.62. The number of anilines is 3. The molecule has 0 saturated heterocycles. The summed E-state index contributed by atoms with van der Waals surface area (Å²) in [5.74, 6) is 0. The van der Waals surface area contributed by atoms with Gasteiger partial charge in [0.05, 0.1) is 5.69 Å². The summed E-state index contributed by atoms with van der Waals surface area (Å²) >= 11 is 0. The monoisotopic (exact) mass is 489 g/mol. The second-order valence-electron chi connectivity index (χ2n) is 9.40. The minimum atomic E-state index is 0.888. The van der Waals surface area contributed by atoms with Crippen molar-refractivity contribution in [1.29, 1.82) is 0 Å². The van der Waals surface area contributed by atoms with Crippen molar-refractivity contribution in [2.75, 3.05) is 4.90 Å². The molecule has 0 aliphatic carbocycles. The third kappa shape index (κ3) is 4.17. The van der Waals surface area contributed by atoms with E-state index in [1.54, 1.807) is 0 Å². The summed E-state index contributed by atoms with van der Waals surface area (Å²) in [6, 6.07) is 50.4. The van der Waals surface area contributed by atoms with Gasteiger partial charge in [0.1, 0.15) is 0 Å². The van der Waals surface area contributed by atoms with Crippen molar-refractivity contribution in [1.82, 2.24) is 0 Å². The first-order valence-corrected chi connectivity index (χ1v) is 13.5. The van der Waals surface area contributed by atoms with Gasteiger partial charge in [0.25, 0.3) is 0 Å². The van der Waals surface area contributed by atoms with E-state index in [4.69, 9.17) is 0 Å². The summed E-state index contributed by atoms with van der Waals surface area (Å²) in [6.07, 6.45) is 0.888. The Kier molecular flexibility index (Phi) is 6.50. The fourth-order valence-corrected chi connectivity index (χ4v) is 5.61. The topological polar surface area (TPSA) is 3.24 Å². The highest BCUT2D eigenvalue weighted by Gasteiger charge is 2.20. The molecule has 0 aliphatic heterocycles. The Morgan fingerprint density at radius 3 is 1.58 bits per heavy atom. The van der Waals surface area contributed by atoms with Crippen molar-refractivity contribution in [2.45, 2.75) is 20.3 Å². The van der Waals surface area contributed by atoms with Gasteiger partial charge in [-0.1, -0.05) is 123 Å². The van der Waals surface area contributed by atoms with E-state index in [0.717, 1.165) is 17.8 Å². The zero-order valence-corrected chi connectivity index (χ0v) is 21.9. The molecule has 0 unspecified atom stereocenters. The molecule has 0 radical (unpaired) electrons. The van der Waals surface area contributed by atoms with Crippen LogP contribution in [0, 0.1) is 0 Å². The summed E-state index contributed by atoms with van der Waals surface area (Å²) in [7, 11) is 0. The van der Waals surface area contributed by atoms with Crippen LogP contribution in [0.1, 0.15) is 25.0 Å². The molecule has 38 heavy (non-hydrogen) atoms. The number of para-hydroxylation sites is 2. The molecule has 0 atom stereocenters. The van der Waals surface area contributed by atoms with Gasteiger partial charge in [-0.05, 0) is 74.8 Å². The van der Waals surface area contributed by atoms with Crippen molar-refractivity contribution < 1.29 is 0 Å².